The predicted octanol–water partition coefficient (Wildman–Crippen LogP) is -2.48. The summed E-state index contributed by atoms with van der Waals surface area (Å²) in [7, 11) is 0. The maximum atomic E-state index is 0. The van der Waals surface area contributed by atoms with Crippen molar-refractivity contribution < 1.29 is 68.6 Å². The van der Waals surface area contributed by atoms with Crippen molar-refractivity contribution in [2.45, 2.75) is 0 Å². The third-order valence-electron chi connectivity index (χ3n) is 0. The molecule has 5 heteroatoms. The van der Waals surface area contributed by atoms with Crippen LogP contribution >= 0.6 is 0 Å². The summed E-state index contributed by atoms with van der Waals surface area (Å²) in [5.74, 6) is 0. The molecule has 0 saturated carbocycles. The first-order valence-electron chi connectivity index (χ1n) is 0. The van der Waals surface area contributed by atoms with Crippen LogP contribution in [0.15, 0.2) is 0 Å². The van der Waals surface area contributed by atoms with Gasteiger partial charge in [0.05, 0.1) is 0 Å². The molecule has 0 aliphatic carbocycles. The van der Waals surface area contributed by atoms with Crippen molar-refractivity contribution in [2.75, 3.05) is 0 Å². The van der Waals surface area contributed by atoms with Gasteiger partial charge in [-0.25, -0.2) is 0 Å². The Morgan fingerprint density at radius 3 is 0.600 bits per heavy atom. The van der Waals surface area contributed by atoms with Gasteiger partial charge < -0.3 is 16.4 Å². The normalized spacial score (nSPS) is 0. The minimum absolute atomic E-state index is 0. The van der Waals surface area contributed by atoms with Crippen LogP contribution in [-0.4, -0.2) is 16.4 Å². The van der Waals surface area contributed by atoms with Crippen molar-refractivity contribution in [3.8, 4) is 0 Å². The van der Waals surface area contributed by atoms with Crippen molar-refractivity contribution in [3.63, 3.8) is 0 Å². The van der Waals surface area contributed by atoms with Crippen molar-refractivity contribution in [3.05, 3.63) is 0 Å². The van der Waals surface area contributed by atoms with Crippen LogP contribution in [0.25, 0.3) is 0 Å². The van der Waals surface area contributed by atoms with Crippen molar-refractivity contribution >= 4 is 0 Å². The molecule has 34 valence electrons. The van der Waals surface area contributed by atoms with Crippen molar-refractivity contribution in [1.29, 1.82) is 0 Å². The Hall–Kier alpha value is 1.62. The fraction of sp³-hybridized carbons (Fsp3) is 0. The minimum atomic E-state index is 0. The molecule has 5 heavy (non-hydrogen) atoms. The quantitative estimate of drug-likeness (QED) is 0.412. The van der Waals surface area contributed by atoms with E-state index in [2.05, 4.69) is 0 Å². The van der Waals surface area contributed by atoms with E-state index in [4.69, 9.17) is 0 Å². The third-order valence-corrected chi connectivity index (χ3v) is 0. The molecule has 0 heterocycles. The number of hydrogen-bond acceptors (Lipinski definition) is 0. The fourth-order valence-electron chi connectivity index (χ4n) is 0. The fourth-order valence-corrected chi connectivity index (χ4v) is 0. The zero-order valence-electron chi connectivity index (χ0n) is 2.41. The first kappa shape index (κ1) is 79.7. The first-order chi connectivity index (χ1) is 0. The second-order valence-corrected chi connectivity index (χ2v) is 0. The maximum absolute atomic E-state index is 0. The second kappa shape index (κ2) is 45.7. The van der Waals surface area contributed by atoms with E-state index >= 15 is 0 Å². The van der Waals surface area contributed by atoms with Gasteiger partial charge in [-0.3, -0.25) is 0 Å². The Morgan fingerprint density at radius 2 is 0.600 bits per heavy atom. The smallest absolute Gasteiger partial charge is 0 e. The Balaban J connectivity index is 0. The van der Waals surface area contributed by atoms with Gasteiger partial charge in [0, 0.05) is 52.2 Å². The molecule has 0 atom stereocenters. The second-order valence-electron chi connectivity index (χ2n) is 0. The summed E-state index contributed by atoms with van der Waals surface area (Å²) in [6.07, 6.45) is 0. The Labute approximate surface area is 68.1 Å². The molecular weight excluding hydrogens is 382 g/mol. The molecule has 0 rings (SSSR count). The van der Waals surface area contributed by atoms with Crippen LogP contribution in [0.5, 0.6) is 0 Å². The van der Waals surface area contributed by atoms with E-state index in [0.29, 0.717) is 0 Å². The van der Waals surface area contributed by atoms with E-state index in [9.17, 15) is 0 Å². The zero-order chi connectivity index (χ0) is 0. The van der Waals surface area contributed by atoms with Gasteiger partial charge in [-0.2, -0.15) is 0 Å². The molecule has 0 saturated heterocycles. The standard InChI is InChI=1S/Mo.3H2O.U/h;3*1H2;. The number of rotatable bonds is 0. The molecule has 0 radical (unpaired) electrons. The van der Waals surface area contributed by atoms with Crippen molar-refractivity contribution in [2.24, 2.45) is 0 Å². The van der Waals surface area contributed by atoms with Crippen molar-refractivity contribution in [1.82, 2.24) is 0 Å². The molecule has 0 fully saturated rings. The molecular formula is H6MoO3U. The summed E-state index contributed by atoms with van der Waals surface area (Å²) in [5, 5.41) is 0. The molecule has 0 aliphatic rings. The van der Waals surface area contributed by atoms with E-state index in [1.54, 1.807) is 0 Å². The van der Waals surface area contributed by atoms with Gasteiger partial charge in [0.25, 0.3) is 0 Å². The van der Waals surface area contributed by atoms with Crippen LogP contribution in [0.3, 0.4) is 0 Å². The molecule has 0 bridgehead atoms. The van der Waals surface area contributed by atoms with Gasteiger partial charge in [0.1, 0.15) is 0 Å². The maximum Gasteiger partial charge on any atom is 0 e. The van der Waals surface area contributed by atoms with Gasteiger partial charge in [0.2, 0.25) is 0 Å². The molecule has 0 amide bonds. The van der Waals surface area contributed by atoms with Gasteiger partial charge in [-0.15, -0.1) is 0 Å². The van der Waals surface area contributed by atoms with E-state index < -0.39 is 0 Å². The minimum Gasteiger partial charge on any atom is -0.412 e. The van der Waals surface area contributed by atoms with Gasteiger partial charge in [0.15, 0.2) is 0 Å². The molecule has 0 unspecified atom stereocenters. The van der Waals surface area contributed by atoms with E-state index in [0.717, 1.165) is 0 Å². The van der Waals surface area contributed by atoms with Crippen LogP contribution in [0.4, 0.5) is 0 Å². The van der Waals surface area contributed by atoms with Crippen LogP contribution in [0.2, 0.25) is 0 Å². The van der Waals surface area contributed by atoms with Crippen LogP contribution in [-0.2, 0) is 21.1 Å². The predicted molar refractivity (Wildman–Crippen MR) is 10.8 cm³/mol. The van der Waals surface area contributed by atoms with Crippen LogP contribution in [0, 0.1) is 31.1 Å². The monoisotopic (exact) mass is 390 g/mol. The third kappa shape index (κ3) is 28.1. The Morgan fingerprint density at radius 1 is 0.600 bits per heavy atom. The summed E-state index contributed by atoms with van der Waals surface area (Å²) in [6.45, 7) is 0. The summed E-state index contributed by atoms with van der Waals surface area (Å²) in [6, 6.07) is 0. The Kier molecular flexibility index (Phi) is 728. The SMILES string of the molecule is O.O.O.[Mo].[U]. The van der Waals surface area contributed by atoms with Crippen LogP contribution in [0.1, 0.15) is 0 Å². The molecule has 6 N–H and O–H groups in total. The summed E-state index contributed by atoms with van der Waals surface area (Å²) in [5.41, 5.74) is 0. The molecule has 0 aliphatic heterocycles. The van der Waals surface area contributed by atoms with Gasteiger partial charge in [-0.1, -0.05) is 0 Å². The summed E-state index contributed by atoms with van der Waals surface area (Å²) < 4.78 is 0. The van der Waals surface area contributed by atoms with Gasteiger partial charge in [-0.05, 0) is 0 Å². The van der Waals surface area contributed by atoms with Crippen LogP contribution < -0.4 is 0 Å². The largest absolute Gasteiger partial charge is 0.412 e. The first-order valence-corrected chi connectivity index (χ1v) is 0. The Bertz CT molecular complexity index is 6.85. The number of hydrogen-bond donors (Lipinski definition) is 0. The molecule has 3 nitrogen and oxygen atoms in total. The van der Waals surface area contributed by atoms with Gasteiger partial charge >= 0.3 is 0 Å². The van der Waals surface area contributed by atoms with E-state index in [1.807, 2.05) is 0 Å². The molecule has 0 aromatic rings. The topological polar surface area (TPSA) is 94.5 Å². The average Bonchev–Trinajstić information content (AvgIpc) is 0. The molecule has 0 spiro atoms. The average molecular weight is 388 g/mol. The molecule has 0 aromatic carbocycles. The zero-order valence-corrected chi connectivity index (χ0v) is 8.58. The van der Waals surface area contributed by atoms with E-state index in [-0.39, 0.29) is 68.6 Å². The van der Waals surface area contributed by atoms with E-state index in [1.165, 1.54) is 0 Å². The summed E-state index contributed by atoms with van der Waals surface area (Å²) in [4.78, 5) is 0. The molecule has 0 aromatic heterocycles. The summed E-state index contributed by atoms with van der Waals surface area (Å²) >= 11 is 0.